The predicted octanol–water partition coefficient (Wildman–Crippen LogP) is 3.12. The maximum atomic E-state index is 13.5. The number of aryl methyl sites for hydroxylation is 2. The monoisotopic (exact) mass is 497 g/mol. The van der Waals surface area contributed by atoms with Crippen LogP contribution in [0.25, 0.3) is 10.2 Å². The third-order valence-corrected chi connectivity index (χ3v) is 10.3. The molecule has 0 N–H and O–H groups in total. The van der Waals surface area contributed by atoms with E-state index in [1.165, 1.54) is 22.2 Å². The molecule has 1 aliphatic heterocycles. The minimum absolute atomic E-state index is 0.0141. The van der Waals surface area contributed by atoms with E-state index in [-0.39, 0.29) is 34.8 Å². The molecule has 1 fully saturated rings. The number of amides is 1. The van der Waals surface area contributed by atoms with Crippen LogP contribution in [0.5, 0.6) is 0 Å². The van der Waals surface area contributed by atoms with Crippen molar-refractivity contribution in [3.8, 4) is 0 Å². The fraction of sp³-hybridized carbons (Fsp3) is 0.682. The van der Waals surface area contributed by atoms with E-state index in [0.717, 1.165) is 42.3 Å². The number of nitrogens with zero attached hydrogens (tertiary/aromatic N) is 3. The van der Waals surface area contributed by atoms with Gasteiger partial charge in [0.25, 0.3) is 5.56 Å². The fourth-order valence-corrected chi connectivity index (χ4v) is 8.45. The number of hydrogen-bond donors (Lipinski definition) is 0. The smallest absolute Gasteiger partial charge is 0.263 e. The van der Waals surface area contributed by atoms with E-state index in [2.05, 4.69) is 13.8 Å². The van der Waals surface area contributed by atoms with Crippen LogP contribution in [-0.2, 0) is 34.0 Å². The summed E-state index contributed by atoms with van der Waals surface area (Å²) in [6.45, 7) is 4.84. The number of sulfone groups is 1. The molecule has 4 rings (SSSR count). The van der Waals surface area contributed by atoms with Crippen LogP contribution < -0.4 is 5.56 Å². The topological polar surface area (TPSA) is 89.3 Å². The number of fused-ring (bicyclic) bond motifs is 3. The van der Waals surface area contributed by atoms with E-state index in [1.54, 1.807) is 27.9 Å². The van der Waals surface area contributed by atoms with Crippen molar-refractivity contribution in [3.63, 3.8) is 0 Å². The SMILES string of the molecule is CC(C)CCn1c(SCC(=O)N(C)C2CCS(=O)(=O)C2)nc2sc3c(c2c1=O)CCCC3. The average molecular weight is 498 g/mol. The van der Waals surface area contributed by atoms with Crippen molar-refractivity contribution >= 4 is 49.1 Å². The first-order valence-corrected chi connectivity index (χ1v) is 14.9. The summed E-state index contributed by atoms with van der Waals surface area (Å²) in [6, 6.07) is -0.268. The molecule has 32 heavy (non-hydrogen) atoms. The van der Waals surface area contributed by atoms with E-state index < -0.39 is 9.84 Å². The summed E-state index contributed by atoms with van der Waals surface area (Å²) in [7, 11) is -1.38. The van der Waals surface area contributed by atoms with Crippen LogP contribution in [0.3, 0.4) is 0 Å². The largest absolute Gasteiger partial charge is 0.341 e. The number of hydrogen-bond acceptors (Lipinski definition) is 7. The first-order chi connectivity index (χ1) is 15.2. The molecule has 1 atom stereocenters. The molecule has 10 heteroatoms. The lowest BCUT2D eigenvalue weighted by Crippen LogP contribution is -2.39. The Labute approximate surface area is 197 Å². The highest BCUT2D eigenvalue weighted by Crippen LogP contribution is 2.35. The molecule has 7 nitrogen and oxygen atoms in total. The Morgan fingerprint density at radius 2 is 2.06 bits per heavy atom. The molecular formula is C22H31N3O4S3. The van der Waals surface area contributed by atoms with E-state index in [4.69, 9.17) is 4.98 Å². The number of thioether (sulfide) groups is 1. The quantitative estimate of drug-likeness (QED) is 0.431. The molecule has 0 radical (unpaired) electrons. The lowest BCUT2D eigenvalue weighted by atomic mass is 9.97. The van der Waals surface area contributed by atoms with Gasteiger partial charge in [-0.15, -0.1) is 11.3 Å². The molecule has 1 aliphatic carbocycles. The molecule has 2 aromatic heterocycles. The molecule has 1 saturated heterocycles. The summed E-state index contributed by atoms with van der Waals surface area (Å²) >= 11 is 2.91. The Hall–Kier alpha value is -1.39. The van der Waals surface area contributed by atoms with E-state index in [0.29, 0.717) is 24.0 Å². The Morgan fingerprint density at radius 1 is 1.31 bits per heavy atom. The van der Waals surface area contributed by atoms with Gasteiger partial charge in [0.15, 0.2) is 15.0 Å². The van der Waals surface area contributed by atoms with Crippen LogP contribution in [0.2, 0.25) is 0 Å². The van der Waals surface area contributed by atoms with Crippen molar-refractivity contribution in [2.45, 2.75) is 70.1 Å². The van der Waals surface area contributed by atoms with Gasteiger partial charge in [-0.05, 0) is 50.0 Å². The second-order valence-corrected chi connectivity index (χ2v) is 13.5. The van der Waals surface area contributed by atoms with Crippen LogP contribution in [0.4, 0.5) is 0 Å². The summed E-state index contributed by atoms with van der Waals surface area (Å²) in [4.78, 5) is 34.8. The molecule has 2 aliphatic rings. The van der Waals surface area contributed by atoms with Crippen molar-refractivity contribution < 1.29 is 13.2 Å². The van der Waals surface area contributed by atoms with E-state index >= 15 is 0 Å². The third-order valence-electron chi connectivity index (χ3n) is 6.44. The number of rotatable bonds is 7. The van der Waals surface area contributed by atoms with Gasteiger partial charge in [-0.25, -0.2) is 13.4 Å². The van der Waals surface area contributed by atoms with Crippen molar-refractivity contribution in [1.29, 1.82) is 0 Å². The maximum Gasteiger partial charge on any atom is 0.263 e. The van der Waals surface area contributed by atoms with Gasteiger partial charge in [0.1, 0.15) is 4.83 Å². The van der Waals surface area contributed by atoms with Crippen LogP contribution >= 0.6 is 23.1 Å². The minimum Gasteiger partial charge on any atom is -0.341 e. The molecule has 3 heterocycles. The standard InChI is InChI=1S/C22H31N3O4S3/c1-14(2)8-10-25-21(27)19-16-6-4-5-7-17(16)31-20(19)23-22(25)30-12-18(26)24(3)15-9-11-32(28,29)13-15/h14-15H,4-13H2,1-3H3. The molecule has 0 spiro atoms. The summed E-state index contributed by atoms with van der Waals surface area (Å²) in [5, 5.41) is 1.36. The number of aromatic nitrogens is 2. The lowest BCUT2D eigenvalue weighted by Gasteiger charge is -2.23. The summed E-state index contributed by atoms with van der Waals surface area (Å²) in [5.41, 5.74) is 1.20. The second-order valence-electron chi connectivity index (χ2n) is 9.27. The average Bonchev–Trinajstić information content (AvgIpc) is 3.30. The second kappa shape index (κ2) is 9.46. The highest BCUT2D eigenvalue weighted by molar-refractivity contribution is 7.99. The van der Waals surface area contributed by atoms with Gasteiger partial charge < -0.3 is 4.90 Å². The number of carbonyl (C=O) groups is 1. The Balaban J connectivity index is 1.60. The normalized spacial score (nSPS) is 20.1. The fourth-order valence-electron chi connectivity index (χ4n) is 4.43. The van der Waals surface area contributed by atoms with E-state index in [1.807, 2.05) is 0 Å². The van der Waals surface area contributed by atoms with Crippen LogP contribution in [-0.4, -0.2) is 59.1 Å². The van der Waals surface area contributed by atoms with Gasteiger partial charge >= 0.3 is 0 Å². The third kappa shape index (κ3) is 4.92. The van der Waals surface area contributed by atoms with Gasteiger partial charge in [-0.2, -0.15) is 0 Å². The molecule has 2 aromatic rings. The van der Waals surface area contributed by atoms with Crippen molar-refractivity contribution in [3.05, 3.63) is 20.8 Å². The Bertz CT molecular complexity index is 1180. The molecule has 1 amide bonds. The molecule has 0 saturated carbocycles. The summed E-state index contributed by atoms with van der Waals surface area (Å²) in [5.74, 6) is 0.622. The van der Waals surface area contributed by atoms with Gasteiger partial charge in [-0.1, -0.05) is 25.6 Å². The first kappa shape index (κ1) is 23.8. The number of carbonyl (C=O) groups excluding carboxylic acids is 1. The summed E-state index contributed by atoms with van der Waals surface area (Å²) in [6.07, 6.45) is 5.56. The predicted molar refractivity (Wildman–Crippen MR) is 131 cm³/mol. The van der Waals surface area contributed by atoms with Gasteiger partial charge in [0, 0.05) is 24.5 Å². The van der Waals surface area contributed by atoms with Crippen LogP contribution in [0.1, 0.15) is 50.0 Å². The minimum atomic E-state index is -3.05. The molecule has 1 unspecified atom stereocenters. The molecular weight excluding hydrogens is 466 g/mol. The molecule has 176 valence electrons. The Morgan fingerprint density at radius 3 is 2.75 bits per heavy atom. The highest BCUT2D eigenvalue weighted by atomic mass is 32.2. The van der Waals surface area contributed by atoms with E-state index in [9.17, 15) is 18.0 Å². The van der Waals surface area contributed by atoms with Crippen LogP contribution in [0.15, 0.2) is 9.95 Å². The maximum absolute atomic E-state index is 13.5. The summed E-state index contributed by atoms with van der Waals surface area (Å²) < 4.78 is 25.3. The zero-order valence-corrected chi connectivity index (χ0v) is 21.4. The van der Waals surface area contributed by atoms with Crippen molar-refractivity contribution in [2.75, 3.05) is 24.3 Å². The van der Waals surface area contributed by atoms with Crippen LogP contribution in [0, 0.1) is 5.92 Å². The first-order valence-electron chi connectivity index (χ1n) is 11.3. The molecule has 0 bridgehead atoms. The van der Waals surface area contributed by atoms with Gasteiger partial charge in [0.05, 0.1) is 22.6 Å². The highest BCUT2D eigenvalue weighted by Gasteiger charge is 2.33. The zero-order chi connectivity index (χ0) is 23.0. The van der Waals surface area contributed by atoms with Crippen molar-refractivity contribution in [2.24, 2.45) is 5.92 Å². The van der Waals surface area contributed by atoms with Crippen molar-refractivity contribution in [1.82, 2.24) is 14.5 Å². The molecule has 0 aromatic carbocycles. The zero-order valence-electron chi connectivity index (χ0n) is 18.9. The lowest BCUT2D eigenvalue weighted by molar-refractivity contribution is -0.128. The number of thiophene rings is 1. The Kier molecular flexibility index (Phi) is 7.03. The van der Waals surface area contributed by atoms with Gasteiger partial charge in [0.2, 0.25) is 5.91 Å². The van der Waals surface area contributed by atoms with Gasteiger partial charge in [-0.3, -0.25) is 14.2 Å².